The average molecular weight is 369 g/mol. The van der Waals surface area contributed by atoms with E-state index in [4.69, 9.17) is 5.26 Å². The first-order chi connectivity index (χ1) is 12.4. The molecule has 0 atom stereocenters. The summed E-state index contributed by atoms with van der Waals surface area (Å²) in [7, 11) is -3.83. The first-order valence-electron chi connectivity index (χ1n) is 7.89. The number of carbonyl (C=O) groups excluding carboxylic acids is 2. The first-order valence-corrected chi connectivity index (χ1v) is 9.38. The van der Waals surface area contributed by atoms with E-state index in [0.717, 1.165) is 4.90 Å². The third-order valence-corrected chi connectivity index (χ3v) is 5.35. The summed E-state index contributed by atoms with van der Waals surface area (Å²) in [4.78, 5) is 25.0. The zero-order chi connectivity index (χ0) is 18.7. The molecule has 0 bridgehead atoms. The maximum atomic E-state index is 12.4. The Morgan fingerprint density at radius 2 is 1.50 bits per heavy atom. The van der Waals surface area contributed by atoms with Gasteiger partial charge in [-0.25, -0.2) is 8.42 Å². The van der Waals surface area contributed by atoms with Crippen LogP contribution in [0.1, 0.15) is 24.8 Å². The molecule has 2 amide bonds. The number of nitrogens with one attached hydrogen (secondary N) is 1. The lowest BCUT2D eigenvalue weighted by molar-refractivity contribution is -0.129. The number of hydrogen-bond acceptors (Lipinski definition) is 5. The van der Waals surface area contributed by atoms with Crippen molar-refractivity contribution >= 4 is 33.2 Å². The Labute approximate surface area is 150 Å². The van der Waals surface area contributed by atoms with Gasteiger partial charge in [0.1, 0.15) is 0 Å². The summed E-state index contributed by atoms with van der Waals surface area (Å²) < 4.78 is 27.3. The highest BCUT2D eigenvalue weighted by atomic mass is 32.2. The quantitative estimate of drug-likeness (QED) is 0.833. The normalized spacial score (nSPS) is 14.8. The van der Waals surface area contributed by atoms with Crippen LogP contribution in [-0.4, -0.2) is 20.2 Å². The predicted octanol–water partition coefficient (Wildman–Crippen LogP) is 2.40. The molecule has 1 fully saturated rings. The van der Waals surface area contributed by atoms with Crippen molar-refractivity contribution in [3.8, 4) is 6.07 Å². The van der Waals surface area contributed by atoms with Crippen molar-refractivity contribution in [2.45, 2.75) is 24.2 Å². The van der Waals surface area contributed by atoms with Gasteiger partial charge in [-0.3, -0.25) is 19.2 Å². The van der Waals surface area contributed by atoms with Gasteiger partial charge in [-0.05, 0) is 55.0 Å². The van der Waals surface area contributed by atoms with Crippen molar-refractivity contribution in [3.05, 3.63) is 54.1 Å². The van der Waals surface area contributed by atoms with Gasteiger partial charge in [0, 0.05) is 18.5 Å². The number of carbonyl (C=O) groups is 2. The van der Waals surface area contributed by atoms with Gasteiger partial charge in [-0.1, -0.05) is 0 Å². The first kappa shape index (κ1) is 17.6. The second-order valence-corrected chi connectivity index (χ2v) is 7.45. The summed E-state index contributed by atoms with van der Waals surface area (Å²) in [5.74, 6) is -0.569. The summed E-state index contributed by atoms with van der Waals surface area (Å²) in [6, 6.07) is 13.5. The van der Waals surface area contributed by atoms with Crippen LogP contribution in [0.25, 0.3) is 0 Å². The van der Waals surface area contributed by atoms with Gasteiger partial charge >= 0.3 is 0 Å². The highest BCUT2D eigenvalue weighted by Crippen LogP contribution is 2.24. The molecule has 1 heterocycles. The van der Waals surface area contributed by atoms with Gasteiger partial charge in [0.2, 0.25) is 11.8 Å². The Kier molecular flexibility index (Phi) is 4.73. The van der Waals surface area contributed by atoms with E-state index >= 15 is 0 Å². The SMILES string of the molecule is N#Cc1ccc(NS(=O)(=O)c2ccc(N3C(=O)CCCC3=O)cc2)cc1. The standard InChI is InChI=1S/C18H15N3O4S/c19-12-13-4-6-14(7-5-13)20-26(24,25)16-10-8-15(9-11-16)21-17(22)2-1-3-18(21)23/h4-11,20H,1-3H2. The highest BCUT2D eigenvalue weighted by Gasteiger charge is 2.27. The second-order valence-electron chi connectivity index (χ2n) is 5.76. The van der Waals surface area contributed by atoms with Gasteiger partial charge < -0.3 is 0 Å². The van der Waals surface area contributed by atoms with Crippen LogP contribution >= 0.6 is 0 Å². The van der Waals surface area contributed by atoms with Crippen LogP contribution in [0.3, 0.4) is 0 Å². The average Bonchev–Trinajstić information content (AvgIpc) is 2.62. The summed E-state index contributed by atoms with van der Waals surface area (Å²) in [6.07, 6.45) is 1.13. The van der Waals surface area contributed by atoms with E-state index in [1.165, 1.54) is 48.5 Å². The number of rotatable bonds is 4. The van der Waals surface area contributed by atoms with Gasteiger partial charge in [0.25, 0.3) is 10.0 Å². The van der Waals surface area contributed by atoms with Crippen LogP contribution in [0, 0.1) is 11.3 Å². The molecule has 0 unspecified atom stereocenters. The Morgan fingerprint density at radius 3 is 2.04 bits per heavy atom. The number of amides is 2. The molecule has 2 aromatic rings. The Morgan fingerprint density at radius 1 is 0.923 bits per heavy atom. The Balaban J connectivity index is 1.81. The molecule has 1 aliphatic rings. The molecular weight excluding hydrogens is 354 g/mol. The molecule has 26 heavy (non-hydrogen) atoms. The fourth-order valence-electron chi connectivity index (χ4n) is 2.64. The van der Waals surface area contributed by atoms with E-state index < -0.39 is 10.0 Å². The number of nitrogens with zero attached hydrogens (tertiary/aromatic N) is 2. The van der Waals surface area contributed by atoms with Gasteiger partial charge in [0.05, 0.1) is 22.2 Å². The molecule has 0 radical (unpaired) electrons. The highest BCUT2D eigenvalue weighted by molar-refractivity contribution is 7.92. The van der Waals surface area contributed by atoms with Crippen LogP contribution in [0.15, 0.2) is 53.4 Å². The molecule has 3 rings (SSSR count). The maximum Gasteiger partial charge on any atom is 0.261 e. The lowest BCUT2D eigenvalue weighted by atomic mass is 10.1. The minimum absolute atomic E-state index is 0.00233. The maximum absolute atomic E-state index is 12.4. The zero-order valence-corrected chi connectivity index (χ0v) is 14.5. The number of anilines is 2. The predicted molar refractivity (Wildman–Crippen MR) is 94.8 cm³/mol. The molecule has 8 heteroatoms. The van der Waals surface area contributed by atoms with Gasteiger partial charge in [-0.2, -0.15) is 5.26 Å². The van der Waals surface area contributed by atoms with E-state index in [1.54, 1.807) is 0 Å². The minimum Gasteiger partial charge on any atom is -0.280 e. The number of benzene rings is 2. The fourth-order valence-corrected chi connectivity index (χ4v) is 3.70. The van der Waals surface area contributed by atoms with Crippen molar-refractivity contribution in [3.63, 3.8) is 0 Å². The van der Waals surface area contributed by atoms with Crippen molar-refractivity contribution in [2.75, 3.05) is 9.62 Å². The monoisotopic (exact) mass is 369 g/mol. The molecular formula is C18H15N3O4S. The lowest BCUT2D eigenvalue weighted by Crippen LogP contribution is -2.40. The molecule has 7 nitrogen and oxygen atoms in total. The summed E-state index contributed by atoms with van der Waals surface area (Å²) >= 11 is 0. The molecule has 0 saturated carbocycles. The number of piperidine rings is 1. The summed E-state index contributed by atoms with van der Waals surface area (Å²) in [5, 5.41) is 8.77. The van der Waals surface area contributed by atoms with Crippen LogP contribution in [0.5, 0.6) is 0 Å². The molecule has 0 aliphatic carbocycles. The van der Waals surface area contributed by atoms with E-state index in [1.807, 2.05) is 6.07 Å². The molecule has 2 aromatic carbocycles. The van der Waals surface area contributed by atoms with Gasteiger partial charge in [0.15, 0.2) is 0 Å². The Hall–Kier alpha value is -3.18. The van der Waals surface area contributed by atoms with E-state index in [0.29, 0.717) is 36.2 Å². The largest absolute Gasteiger partial charge is 0.280 e. The van der Waals surface area contributed by atoms with Crippen molar-refractivity contribution in [1.82, 2.24) is 0 Å². The van der Waals surface area contributed by atoms with E-state index in [9.17, 15) is 18.0 Å². The number of hydrogen-bond donors (Lipinski definition) is 1. The third-order valence-electron chi connectivity index (χ3n) is 3.95. The molecule has 1 aliphatic heterocycles. The van der Waals surface area contributed by atoms with E-state index in [2.05, 4.69) is 4.72 Å². The van der Waals surface area contributed by atoms with Crippen molar-refractivity contribution in [2.24, 2.45) is 0 Å². The van der Waals surface area contributed by atoms with Crippen LogP contribution in [0.4, 0.5) is 11.4 Å². The van der Waals surface area contributed by atoms with Crippen LogP contribution in [0.2, 0.25) is 0 Å². The topological polar surface area (TPSA) is 107 Å². The fraction of sp³-hybridized carbons (Fsp3) is 0.167. The summed E-state index contributed by atoms with van der Waals surface area (Å²) in [6.45, 7) is 0. The minimum atomic E-state index is -3.83. The second kappa shape index (κ2) is 6.98. The van der Waals surface area contributed by atoms with Gasteiger partial charge in [-0.15, -0.1) is 0 Å². The number of sulfonamides is 1. The van der Waals surface area contributed by atoms with E-state index in [-0.39, 0.29) is 16.7 Å². The molecule has 0 spiro atoms. The lowest BCUT2D eigenvalue weighted by Gasteiger charge is -2.24. The van der Waals surface area contributed by atoms with Crippen molar-refractivity contribution < 1.29 is 18.0 Å². The molecule has 0 aromatic heterocycles. The molecule has 1 saturated heterocycles. The Bertz CT molecular complexity index is 974. The smallest absolute Gasteiger partial charge is 0.261 e. The van der Waals surface area contributed by atoms with Crippen LogP contribution < -0.4 is 9.62 Å². The summed E-state index contributed by atoms with van der Waals surface area (Å²) in [5.41, 5.74) is 1.11. The third kappa shape index (κ3) is 3.58. The number of imide groups is 1. The molecule has 132 valence electrons. The van der Waals surface area contributed by atoms with Crippen LogP contribution in [-0.2, 0) is 19.6 Å². The zero-order valence-electron chi connectivity index (χ0n) is 13.7. The number of nitriles is 1. The van der Waals surface area contributed by atoms with Crippen molar-refractivity contribution in [1.29, 1.82) is 5.26 Å². The molecule has 1 N–H and O–H groups in total.